The molecule has 66 heteroatoms. The van der Waals surface area contributed by atoms with E-state index in [1.54, 1.807) is 36.4 Å². The molecule has 4 aliphatic rings. The fraction of sp³-hybridized carbons (Fsp3) is 0.350. The SMILES string of the molecule is CC(F)(F)C(OC(=O)CCCOC(=O)c1cc(I)cc(I)c1I)C(F)(F)F.O=C(CCOC(=O)c1cc(I)cc(I)c1I)OC(CS(=O)(=O)[O-])C(F)(F)F.O=C(OC12CC3CC(C1)C(C(=O)OC(C(F)(F)F)C(F)(F)S(=O)(=O)[O-])C(C3)C2)c1cc(I)cc(I)c1I.O=C(Oc1cc(OC(=O)c2cc(I)cc(I)c2I)c(C(=O)OC(CS(=O)(=O)[O-])C(F)(F)F)c(OC(=O)c2cc(I)cc(I)c2I)c1)c1cc(I)cc(I)c1I. The van der Waals surface area contributed by atoms with Crippen molar-refractivity contribution in [3.8, 4) is 17.2 Å². The smallest absolute Gasteiger partial charge is 0.432 e. The Morgan fingerprint density at radius 1 is 0.370 bits per heavy atom. The van der Waals surface area contributed by atoms with Gasteiger partial charge in [-0.1, -0.05) is 0 Å². The summed E-state index contributed by atoms with van der Waals surface area (Å²) in [5.74, 6) is -25.0. The van der Waals surface area contributed by atoms with Gasteiger partial charge in [0.2, 0.25) is 12.2 Å². The molecule has 7 aromatic carbocycles. The Morgan fingerprint density at radius 3 is 1.01 bits per heavy atom. The lowest BCUT2D eigenvalue weighted by Crippen LogP contribution is -2.59. The Bertz CT molecular complexity index is 6490. The maximum Gasteiger partial charge on any atom is 0.432 e. The van der Waals surface area contributed by atoms with Crippen LogP contribution in [0.4, 0.5) is 70.2 Å². The third-order valence-electron chi connectivity index (χ3n) is 19.4. The van der Waals surface area contributed by atoms with Crippen molar-refractivity contribution in [2.75, 3.05) is 24.7 Å². The van der Waals surface area contributed by atoms with E-state index in [0.29, 0.717) is 73.2 Å². The summed E-state index contributed by atoms with van der Waals surface area (Å²) in [6.07, 6.45) is -36.7. The molecule has 4 bridgehead atoms. The fourth-order valence-electron chi connectivity index (χ4n) is 13.6. The number of rotatable bonds is 30. The van der Waals surface area contributed by atoms with Gasteiger partial charge in [0.1, 0.15) is 23.5 Å². The van der Waals surface area contributed by atoms with E-state index in [1.807, 2.05) is 357 Å². The molecule has 6 unspecified atom stereocenters. The van der Waals surface area contributed by atoms with Crippen molar-refractivity contribution in [1.82, 2.24) is 0 Å². The van der Waals surface area contributed by atoms with Gasteiger partial charge in [0.25, 0.3) is 18.1 Å². The van der Waals surface area contributed by atoms with Crippen LogP contribution in [0.1, 0.15) is 131 Å². The van der Waals surface area contributed by atoms with Crippen LogP contribution in [0.2, 0.25) is 0 Å². The first-order valence-corrected chi connectivity index (χ1v) is 62.6. The van der Waals surface area contributed by atoms with Crippen LogP contribution in [0.5, 0.6) is 17.2 Å². The van der Waals surface area contributed by atoms with E-state index in [9.17, 15) is 157 Å². The summed E-state index contributed by atoms with van der Waals surface area (Å²) in [7, 11) is -17.7. The van der Waals surface area contributed by atoms with Crippen LogP contribution < -0.4 is 14.2 Å². The first kappa shape index (κ1) is 134. The van der Waals surface area contributed by atoms with Gasteiger partial charge in [-0.05, 0) is 536 Å². The summed E-state index contributed by atoms with van der Waals surface area (Å²) in [6.45, 7) is -0.833. The van der Waals surface area contributed by atoms with Crippen molar-refractivity contribution in [3.63, 3.8) is 0 Å². The molecule has 0 amide bonds. The van der Waals surface area contributed by atoms with Crippen molar-refractivity contribution in [1.29, 1.82) is 0 Å². The van der Waals surface area contributed by atoms with Gasteiger partial charge in [-0.2, -0.15) is 61.5 Å². The number of ether oxygens (including phenoxy) is 10. The van der Waals surface area contributed by atoms with E-state index in [0.717, 1.165) is 33.6 Å². The zero-order valence-electron chi connectivity index (χ0n) is 70.6. The molecule has 29 nitrogen and oxygen atoms in total. The highest BCUT2D eigenvalue weighted by atomic mass is 127. The Kier molecular flexibility index (Phi) is 51.0. The van der Waals surface area contributed by atoms with Crippen LogP contribution in [0, 0.1) is 87.9 Å². The molecule has 4 fully saturated rings. The molecule has 0 aliphatic heterocycles. The minimum absolute atomic E-state index is 0.00587. The topological polar surface area (TPSA) is 435 Å². The zero-order valence-corrected chi connectivity index (χ0v) is 112. The standard InChI is InChI=1S/C31H12F3I9O11S.C21H18F5I3O7S.C15H12F5I3O4.C13H10F3I3O7S/c32-31(33,34)22(9-55(48,49)50)54-30(47)23-20(52-28(45)15-2-11(36)5-18(39)25(15)42)7-13(51-27(44)14-1-10(35)4-17(38)24(14)41)8-21(23)53-29(46)16-3-12(37)6-19(40)26(16)43;22-20(23,24)18(21(25,26)37(32,33)34)35-17(31)14-9-1-8-2-10(14)7-19(5-8,6-9)36-16(30)12-3-11(27)4-13(28)15(12)29;1-14(16,17)13(15(18,19)20)27-10(24)3-2-4-26-12(25)8-5-7(21)6-9(22)11(8)23;14-13(15,16)9(5-27(22,23)24)26-10(20)1-2-25-12(21)7-3-6(17)4-8(18)11(7)19/h1-8,22H,9H2,(H,48,49,50);3-4,8-10,14,18H,1-2,5-7H2,(H,32,33,34);5-6,13H,2-4H2,1H3;3-4,9H,1-2,5H2,(H,22,23,24)/p-3. The molecule has 11 rings (SSSR count). The lowest BCUT2D eigenvalue weighted by atomic mass is 9.50. The van der Waals surface area contributed by atoms with Crippen LogP contribution in [-0.4, -0.2) is 189 Å². The van der Waals surface area contributed by atoms with E-state index in [1.165, 1.54) is 18.2 Å². The summed E-state index contributed by atoms with van der Waals surface area (Å²) in [5.41, 5.74) is -1.17. The van der Waals surface area contributed by atoms with E-state index >= 15 is 0 Å². The molecular weight excluding hydrogens is 4110 g/mol. The number of alkyl halides is 16. The van der Waals surface area contributed by atoms with E-state index in [4.69, 9.17) is 28.4 Å². The number of benzene rings is 7. The molecule has 0 heterocycles. The van der Waals surface area contributed by atoms with Crippen molar-refractivity contribution in [3.05, 3.63) is 188 Å². The second-order valence-corrected chi connectivity index (χ2v) is 55.6. The molecule has 0 N–H and O–H groups in total. The summed E-state index contributed by atoms with van der Waals surface area (Å²) < 4.78 is 370. The predicted molar refractivity (Wildman–Crippen MR) is 626 cm³/mol. The van der Waals surface area contributed by atoms with Crippen molar-refractivity contribution >= 4 is 497 Å². The van der Waals surface area contributed by atoms with Gasteiger partial charge in [-0.15, -0.1) is 0 Å². The van der Waals surface area contributed by atoms with Gasteiger partial charge < -0.3 is 61.0 Å². The second-order valence-electron chi connectivity index (χ2n) is 30.3. The maximum atomic E-state index is 14.0. The lowest BCUT2D eigenvalue weighted by Gasteiger charge is -2.58. The van der Waals surface area contributed by atoms with Crippen LogP contribution in [0.15, 0.2) is 84.9 Å². The average Bonchev–Trinajstić information content (AvgIpc) is 0.720. The lowest BCUT2D eigenvalue weighted by molar-refractivity contribution is -0.273. The van der Waals surface area contributed by atoms with Gasteiger partial charge in [0.05, 0.1) is 84.1 Å². The first-order valence-electron chi connectivity index (χ1n) is 38.6. The highest BCUT2D eigenvalue weighted by Crippen LogP contribution is 2.61. The van der Waals surface area contributed by atoms with Gasteiger partial charge in [-0.25, -0.2) is 67.6 Å². The molecule has 0 aromatic heterocycles. The largest absolute Gasteiger partial charge is 0.748 e. The summed E-state index contributed by atoms with van der Waals surface area (Å²) >= 11 is 35.6. The number of esters is 10. The molecule has 4 aliphatic carbocycles. The van der Waals surface area contributed by atoms with Crippen LogP contribution in [0.3, 0.4) is 0 Å². The molecule has 146 heavy (non-hydrogen) atoms. The minimum Gasteiger partial charge on any atom is -0.748 e. The van der Waals surface area contributed by atoms with Crippen molar-refractivity contribution in [2.24, 2.45) is 23.7 Å². The minimum atomic E-state index is -6.78. The van der Waals surface area contributed by atoms with Gasteiger partial charge >= 0.3 is 89.7 Å². The van der Waals surface area contributed by atoms with Gasteiger partial charge in [-0.3, -0.25) is 14.4 Å². The number of hydrogen-bond acceptors (Lipinski definition) is 29. The Balaban J connectivity index is 0.000000277. The van der Waals surface area contributed by atoms with Gasteiger partial charge in [0, 0.05) is 89.7 Å². The van der Waals surface area contributed by atoms with E-state index in [-0.39, 0.29) is 61.0 Å². The molecule has 0 radical (unpaired) electrons. The van der Waals surface area contributed by atoms with Gasteiger partial charge in [0.15, 0.2) is 21.6 Å². The summed E-state index contributed by atoms with van der Waals surface area (Å²) in [4.78, 5) is 128. The molecule has 0 spiro atoms. The third kappa shape index (κ3) is 39.2. The van der Waals surface area contributed by atoms with E-state index < -0.39 is 227 Å². The van der Waals surface area contributed by atoms with Crippen molar-refractivity contribution in [2.45, 2.75) is 124 Å². The molecule has 802 valence electrons. The zero-order chi connectivity index (χ0) is 111. The van der Waals surface area contributed by atoms with Crippen LogP contribution >= 0.6 is 407 Å². The summed E-state index contributed by atoms with van der Waals surface area (Å²) in [5, 5.41) is -5.90. The Labute approximate surface area is 1060 Å². The van der Waals surface area contributed by atoms with E-state index in [2.05, 4.69) is 86.7 Å². The second kappa shape index (κ2) is 55.6. The molecular formula is C80H49F16I18O29S3-3. The molecule has 7 aromatic rings. The monoisotopic (exact) mass is 4160 g/mol. The molecule has 0 saturated heterocycles. The number of carbonyl (C=O) groups excluding carboxylic acids is 10. The normalized spacial score (nSPS) is 17.1. The molecule has 4 saturated carbocycles. The number of carbonyl (C=O) groups is 10. The molecule has 6 atom stereocenters. The highest BCUT2D eigenvalue weighted by molar-refractivity contribution is 14.1. The fourth-order valence-corrected chi connectivity index (χ4v) is 29.6. The average molecular weight is 4160 g/mol. The first-order chi connectivity index (χ1) is 66.6. The predicted octanol–water partition coefficient (Wildman–Crippen LogP) is 24.5. The third-order valence-corrected chi connectivity index (χ3v) is 43.7. The maximum absolute atomic E-state index is 14.0. The Morgan fingerprint density at radius 2 is 0.685 bits per heavy atom. The van der Waals surface area contributed by atoms with Crippen LogP contribution in [-0.2, 0) is 77.9 Å². The van der Waals surface area contributed by atoms with Crippen LogP contribution in [0.25, 0.3) is 0 Å². The quantitative estimate of drug-likeness (QED) is 0.00590. The number of halogens is 34. The number of hydrogen-bond donors (Lipinski definition) is 0. The Hall–Kier alpha value is 0.990. The highest BCUT2D eigenvalue weighted by Gasteiger charge is 2.66. The summed E-state index contributed by atoms with van der Waals surface area (Å²) in [6, 6.07) is 21.7. The van der Waals surface area contributed by atoms with Crippen molar-refractivity contribution < 1.29 is 204 Å².